The molecule has 1 fully saturated rings. The minimum absolute atomic E-state index is 0.0392. The molecule has 1 heterocycles. The summed E-state index contributed by atoms with van der Waals surface area (Å²) in [6.07, 6.45) is 0.450. The Balaban J connectivity index is 2.36. The van der Waals surface area contributed by atoms with Crippen molar-refractivity contribution in [1.82, 2.24) is 4.31 Å². The maximum atomic E-state index is 13.8. The van der Waals surface area contributed by atoms with E-state index in [9.17, 15) is 28.0 Å². The largest absolute Gasteiger partial charge is 0.390 e. The van der Waals surface area contributed by atoms with Gasteiger partial charge in [0.1, 0.15) is 10.7 Å². The van der Waals surface area contributed by atoms with Gasteiger partial charge >= 0.3 is 0 Å². The zero-order valence-electron chi connectivity index (χ0n) is 11.3. The van der Waals surface area contributed by atoms with Crippen LogP contribution in [0, 0.1) is 15.9 Å². The Morgan fingerprint density at radius 3 is 2.48 bits per heavy atom. The lowest BCUT2D eigenvalue weighted by molar-refractivity contribution is -0.385. The summed E-state index contributed by atoms with van der Waals surface area (Å²) >= 11 is 0. The number of nitro benzene ring substituents is 1. The van der Waals surface area contributed by atoms with Gasteiger partial charge in [-0.15, -0.1) is 0 Å². The number of nitrogens with zero attached hydrogens (tertiary/aromatic N) is 2. The number of non-ortho nitro benzene ring substituents is 1. The zero-order valence-corrected chi connectivity index (χ0v) is 12.1. The second-order valence-electron chi connectivity index (χ2n) is 5.27. The van der Waals surface area contributed by atoms with E-state index in [1.807, 2.05) is 0 Å². The average Bonchev–Trinajstić information content (AvgIpc) is 2.38. The van der Waals surface area contributed by atoms with Gasteiger partial charge in [-0.3, -0.25) is 10.1 Å². The summed E-state index contributed by atoms with van der Waals surface area (Å²) in [5, 5.41) is 20.5. The molecule has 1 N–H and O–H groups in total. The van der Waals surface area contributed by atoms with Crippen LogP contribution in [-0.2, 0) is 10.0 Å². The van der Waals surface area contributed by atoms with Crippen LogP contribution in [0.1, 0.15) is 19.8 Å². The molecule has 0 radical (unpaired) electrons. The van der Waals surface area contributed by atoms with E-state index in [1.54, 1.807) is 6.92 Å². The number of sulfonamides is 1. The van der Waals surface area contributed by atoms with E-state index < -0.39 is 36.9 Å². The zero-order chi connectivity index (χ0) is 15.8. The maximum absolute atomic E-state index is 13.8. The molecule has 0 spiro atoms. The van der Waals surface area contributed by atoms with Crippen LogP contribution in [0.5, 0.6) is 0 Å². The Labute approximate surface area is 121 Å². The van der Waals surface area contributed by atoms with Crippen LogP contribution in [0.25, 0.3) is 0 Å². The third-order valence-corrected chi connectivity index (χ3v) is 5.46. The minimum Gasteiger partial charge on any atom is -0.390 e. The van der Waals surface area contributed by atoms with Crippen molar-refractivity contribution in [3.8, 4) is 0 Å². The highest BCUT2D eigenvalue weighted by Gasteiger charge is 2.35. The van der Waals surface area contributed by atoms with Crippen LogP contribution >= 0.6 is 0 Å². The molecular weight excluding hydrogens is 303 g/mol. The number of benzene rings is 1. The van der Waals surface area contributed by atoms with E-state index in [0.717, 1.165) is 22.5 Å². The summed E-state index contributed by atoms with van der Waals surface area (Å²) in [5.74, 6) is -1.03. The first-order valence-electron chi connectivity index (χ1n) is 6.30. The Bertz CT molecular complexity index is 664. The first kappa shape index (κ1) is 15.8. The molecule has 7 nitrogen and oxygen atoms in total. The molecule has 0 amide bonds. The van der Waals surface area contributed by atoms with Crippen molar-refractivity contribution in [3.63, 3.8) is 0 Å². The smallest absolute Gasteiger partial charge is 0.270 e. The molecule has 0 bridgehead atoms. The third-order valence-electron chi connectivity index (χ3n) is 3.54. The highest BCUT2D eigenvalue weighted by molar-refractivity contribution is 7.89. The fourth-order valence-corrected chi connectivity index (χ4v) is 3.68. The lowest BCUT2D eigenvalue weighted by atomic mass is 9.95. The number of halogens is 1. The number of hydrogen-bond donors (Lipinski definition) is 1. The Kier molecular flexibility index (Phi) is 4.00. The molecule has 1 aromatic carbocycles. The van der Waals surface area contributed by atoms with Crippen molar-refractivity contribution in [2.45, 2.75) is 30.3 Å². The molecule has 0 atom stereocenters. The van der Waals surface area contributed by atoms with Gasteiger partial charge in [-0.05, 0) is 25.8 Å². The van der Waals surface area contributed by atoms with Gasteiger partial charge in [-0.2, -0.15) is 4.31 Å². The standard InChI is InChI=1S/C12H15FN2O5S/c1-12(16)4-6-14(7-5-12)21(19,20)11-8-9(15(17)18)2-3-10(11)13/h2-3,8,16H,4-7H2,1H3. The molecule has 9 heteroatoms. The monoisotopic (exact) mass is 318 g/mol. The molecule has 1 saturated heterocycles. The third kappa shape index (κ3) is 3.20. The molecule has 21 heavy (non-hydrogen) atoms. The normalized spacial score (nSPS) is 19.4. The Hall–Kier alpha value is -1.58. The minimum atomic E-state index is -4.16. The van der Waals surface area contributed by atoms with Crippen molar-refractivity contribution < 1.29 is 22.8 Å². The fraction of sp³-hybridized carbons (Fsp3) is 0.500. The maximum Gasteiger partial charge on any atom is 0.270 e. The van der Waals surface area contributed by atoms with E-state index in [2.05, 4.69) is 0 Å². The topological polar surface area (TPSA) is 101 Å². The molecular formula is C12H15FN2O5S. The second kappa shape index (κ2) is 5.32. The summed E-state index contributed by atoms with van der Waals surface area (Å²) in [5.41, 5.74) is -1.44. The molecule has 1 aliphatic heterocycles. The van der Waals surface area contributed by atoms with E-state index >= 15 is 0 Å². The van der Waals surface area contributed by atoms with Gasteiger partial charge in [-0.1, -0.05) is 0 Å². The fourth-order valence-electron chi connectivity index (χ4n) is 2.15. The highest BCUT2D eigenvalue weighted by Crippen LogP contribution is 2.29. The highest BCUT2D eigenvalue weighted by atomic mass is 32.2. The predicted molar refractivity (Wildman–Crippen MR) is 71.7 cm³/mol. The second-order valence-corrected chi connectivity index (χ2v) is 7.18. The summed E-state index contributed by atoms with van der Waals surface area (Å²) in [7, 11) is -4.16. The van der Waals surface area contributed by atoms with E-state index in [4.69, 9.17) is 0 Å². The SMILES string of the molecule is CC1(O)CCN(S(=O)(=O)c2cc([N+](=O)[O-])ccc2F)CC1. The quantitative estimate of drug-likeness (QED) is 0.668. The molecule has 0 saturated carbocycles. The number of nitro groups is 1. The van der Waals surface area contributed by atoms with Crippen molar-refractivity contribution >= 4 is 15.7 Å². The van der Waals surface area contributed by atoms with Crippen LogP contribution in [0.3, 0.4) is 0 Å². The number of rotatable bonds is 3. The number of piperidine rings is 1. The van der Waals surface area contributed by atoms with Crippen molar-refractivity contribution in [1.29, 1.82) is 0 Å². The summed E-state index contributed by atoms with van der Waals surface area (Å²) in [4.78, 5) is 9.21. The summed E-state index contributed by atoms with van der Waals surface area (Å²) < 4.78 is 39.5. The van der Waals surface area contributed by atoms with Gasteiger partial charge in [0, 0.05) is 25.2 Å². The van der Waals surface area contributed by atoms with Gasteiger partial charge < -0.3 is 5.11 Å². The predicted octanol–water partition coefficient (Wildman–Crippen LogP) is 1.27. The molecule has 1 aliphatic rings. The lowest BCUT2D eigenvalue weighted by Gasteiger charge is -2.34. The number of hydrogen-bond acceptors (Lipinski definition) is 5. The first-order valence-corrected chi connectivity index (χ1v) is 7.74. The first-order chi connectivity index (χ1) is 9.63. The molecule has 1 aromatic rings. The molecule has 0 aliphatic carbocycles. The summed E-state index contributed by atoms with van der Waals surface area (Å²) in [6, 6.07) is 2.40. The van der Waals surface area contributed by atoms with Gasteiger partial charge in [0.2, 0.25) is 10.0 Å². The van der Waals surface area contributed by atoms with Crippen molar-refractivity contribution in [2.24, 2.45) is 0 Å². The molecule has 2 rings (SSSR count). The summed E-state index contributed by atoms with van der Waals surface area (Å²) in [6.45, 7) is 1.68. The molecule has 0 unspecified atom stereocenters. The average molecular weight is 318 g/mol. The van der Waals surface area contributed by atoms with Crippen LogP contribution in [0.4, 0.5) is 10.1 Å². The van der Waals surface area contributed by atoms with Crippen molar-refractivity contribution in [3.05, 3.63) is 34.1 Å². The Morgan fingerprint density at radius 1 is 1.38 bits per heavy atom. The van der Waals surface area contributed by atoms with Gasteiger partial charge in [0.15, 0.2) is 0 Å². The molecule has 116 valence electrons. The van der Waals surface area contributed by atoms with Gasteiger partial charge in [-0.25, -0.2) is 12.8 Å². The van der Waals surface area contributed by atoms with Crippen LogP contribution in [0.2, 0.25) is 0 Å². The van der Waals surface area contributed by atoms with Crippen molar-refractivity contribution in [2.75, 3.05) is 13.1 Å². The van der Waals surface area contributed by atoms with E-state index in [-0.39, 0.29) is 25.9 Å². The van der Waals surface area contributed by atoms with Gasteiger partial charge in [0.05, 0.1) is 10.5 Å². The van der Waals surface area contributed by atoms with Crippen LogP contribution < -0.4 is 0 Å². The van der Waals surface area contributed by atoms with Crippen LogP contribution in [0.15, 0.2) is 23.1 Å². The molecule has 0 aromatic heterocycles. The van der Waals surface area contributed by atoms with Crippen LogP contribution in [-0.4, -0.2) is 41.4 Å². The lowest BCUT2D eigenvalue weighted by Crippen LogP contribution is -2.45. The van der Waals surface area contributed by atoms with Gasteiger partial charge in [0.25, 0.3) is 5.69 Å². The van der Waals surface area contributed by atoms with E-state index in [1.165, 1.54) is 0 Å². The number of aliphatic hydroxyl groups is 1. The Morgan fingerprint density at radius 2 is 1.95 bits per heavy atom. The van der Waals surface area contributed by atoms with E-state index in [0.29, 0.717) is 0 Å².